The Kier molecular flexibility index (Phi) is 4.70. The van der Waals surface area contributed by atoms with Crippen LogP contribution in [-0.2, 0) is 16.0 Å². The Morgan fingerprint density at radius 1 is 1.35 bits per heavy atom. The average Bonchev–Trinajstić information content (AvgIpc) is 2.35. The summed E-state index contributed by atoms with van der Waals surface area (Å²) in [6, 6.07) is 9.94. The zero-order valence-electron chi connectivity index (χ0n) is 10.8. The standard InChI is InChI=1S/C14H21NO2/c1-14(2,13(16)17-3)12(15)10-9-11-7-5-4-6-8-11/h4-8,12H,9-10,15H2,1-3H3. The Morgan fingerprint density at radius 2 is 1.94 bits per heavy atom. The number of aryl methyl sites for hydroxylation is 1. The summed E-state index contributed by atoms with van der Waals surface area (Å²) < 4.78 is 4.77. The Bertz CT molecular complexity index is 360. The van der Waals surface area contributed by atoms with Gasteiger partial charge in [-0.2, -0.15) is 0 Å². The lowest BCUT2D eigenvalue weighted by Gasteiger charge is -2.28. The van der Waals surface area contributed by atoms with Gasteiger partial charge in [-0.1, -0.05) is 30.3 Å². The monoisotopic (exact) mass is 235 g/mol. The lowest BCUT2D eigenvalue weighted by Crippen LogP contribution is -2.44. The highest BCUT2D eigenvalue weighted by Crippen LogP contribution is 2.24. The van der Waals surface area contributed by atoms with E-state index in [1.807, 2.05) is 32.0 Å². The van der Waals surface area contributed by atoms with Crippen LogP contribution < -0.4 is 5.73 Å². The second kappa shape index (κ2) is 5.82. The summed E-state index contributed by atoms with van der Waals surface area (Å²) in [4.78, 5) is 11.6. The van der Waals surface area contributed by atoms with Crippen molar-refractivity contribution in [1.29, 1.82) is 0 Å². The minimum atomic E-state index is -0.635. The van der Waals surface area contributed by atoms with Gasteiger partial charge in [-0.05, 0) is 32.3 Å². The number of methoxy groups -OCH3 is 1. The number of ether oxygens (including phenoxy) is 1. The molecule has 1 atom stereocenters. The summed E-state index contributed by atoms with van der Waals surface area (Å²) in [7, 11) is 1.40. The predicted molar refractivity (Wildman–Crippen MR) is 68.5 cm³/mol. The molecule has 1 rings (SSSR count). The molecule has 0 spiro atoms. The predicted octanol–water partition coefficient (Wildman–Crippen LogP) is 2.15. The van der Waals surface area contributed by atoms with Crippen LogP contribution in [0.3, 0.4) is 0 Å². The molecule has 2 N–H and O–H groups in total. The van der Waals surface area contributed by atoms with Crippen molar-refractivity contribution in [1.82, 2.24) is 0 Å². The van der Waals surface area contributed by atoms with Crippen LogP contribution in [0, 0.1) is 5.41 Å². The number of carbonyl (C=O) groups is 1. The molecule has 0 fully saturated rings. The van der Waals surface area contributed by atoms with E-state index in [2.05, 4.69) is 12.1 Å². The fraction of sp³-hybridized carbons (Fsp3) is 0.500. The van der Waals surface area contributed by atoms with Crippen LogP contribution in [0.25, 0.3) is 0 Å². The first-order chi connectivity index (χ1) is 7.98. The van der Waals surface area contributed by atoms with Gasteiger partial charge in [0, 0.05) is 6.04 Å². The Morgan fingerprint density at radius 3 is 2.47 bits per heavy atom. The number of rotatable bonds is 5. The molecule has 1 aromatic carbocycles. The maximum absolute atomic E-state index is 11.6. The maximum Gasteiger partial charge on any atom is 0.312 e. The summed E-state index contributed by atoms with van der Waals surface area (Å²) in [5.74, 6) is -0.252. The van der Waals surface area contributed by atoms with E-state index < -0.39 is 5.41 Å². The van der Waals surface area contributed by atoms with Gasteiger partial charge in [0.05, 0.1) is 12.5 Å². The molecule has 0 heterocycles. The Labute approximate surface area is 103 Å². The molecule has 0 saturated carbocycles. The molecule has 1 unspecified atom stereocenters. The van der Waals surface area contributed by atoms with E-state index >= 15 is 0 Å². The summed E-state index contributed by atoms with van der Waals surface area (Å²) in [5.41, 5.74) is 6.68. The lowest BCUT2D eigenvalue weighted by atomic mass is 9.82. The van der Waals surface area contributed by atoms with Crippen LogP contribution in [0.4, 0.5) is 0 Å². The molecule has 0 aliphatic heterocycles. The highest BCUT2D eigenvalue weighted by atomic mass is 16.5. The molecule has 3 nitrogen and oxygen atoms in total. The van der Waals surface area contributed by atoms with Crippen molar-refractivity contribution in [2.24, 2.45) is 11.1 Å². The van der Waals surface area contributed by atoms with E-state index in [1.54, 1.807) is 0 Å². The minimum Gasteiger partial charge on any atom is -0.469 e. The molecule has 0 saturated heterocycles. The first kappa shape index (κ1) is 13.7. The number of hydrogen-bond acceptors (Lipinski definition) is 3. The zero-order chi connectivity index (χ0) is 12.9. The van der Waals surface area contributed by atoms with E-state index in [9.17, 15) is 4.79 Å². The third-order valence-electron chi connectivity index (χ3n) is 3.23. The first-order valence-corrected chi connectivity index (χ1v) is 5.86. The lowest BCUT2D eigenvalue weighted by molar-refractivity contribution is -0.152. The summed E-state index contributed by atoms with van der Waals surface area (Å²) >= 11 is 0. The molecule has 0 aliphatic carbocycles. The van der Waals surface area contributed by atoms with E-state index in [0.717, 1.165) is 12.8 Å². The quantitative estimate of drug-likeness (QED) is 0.796. The summed E-state index contributed by atoms with van der Waals surface area (Å²) in [5, 5.41) is 0. The van der Waals surface area contributed by atoms with E-state index in [0.29, 0.717) is 0 Å². The number of carbonyl (C=O) groups excluding carboxylic acids is 1. The van der Waals surface area contributed by atoms with Gasteiger partial charge < -0.3 is 10.5 Å². The molecule has 0 radical (unpaired) electrons. The summed E-state index contributed by atoms with van der Waals surface area (Å²) in [6.07, 6.45) is 1.65. The highest BCUT2D eigenvalue weighted by molar-refractivity contribution is 5.76. The second-order valence-corrected chi connectivity index (χ2v) is 4.84. The molecule has 94 valence electrons. The normalized spacial score (nSPS) is 13.2. The van der Waals surface area contributed by atoms with Crippen molar-refractivity contribution < 1.29 is 9.53 Å². The molecule has 0 bridgehead atoms. The third kappa shape index (κ3) is 3.56. The van der Waals surface area contributed by atoms with Crippen molar-refractivity contribution in [3.63, 3.8) is 0 Å². The van der Waals surface area contributed by atoms with E-state index in [4.69, 9.17) is 10.5 Å². The van der Waals surface area contributed by atoms with Gasteiger partial charge in [-0.3, -0.25) is 4.79 Å². The molecule has 0 aliphatic rings. The van der Waals surface area contributed by atoms with Gasteiger partial charge in [-0.25, -0.2) is 0 Å². The number of nitrogens with two attached hydrogens (primary N) is 1. The largest absolute Gasteiger partial charge is 0.469 e. The molecule has 1 aromatic rings. The van der Waals surface area contributed by atoms with Gasteiger partial charge in [0.15, 0.2) is 0 Å². The fourth-order valence-electron chi connectivity index (χ4n) is 1.74. The van der Waals surface area contributed by atoms with E-state index in [1.165, 1.54) is 12.7 Å². The third-order valence-corrected chi connectivity index (χ3v) is 3.23. The van der Waals surface area contributed by atoms with Crippen LogP contribution in [0.5, 0.6) is 0 Å². The average molecular weight is 235 g/mol. The SMILES string of the molecule is COC(=O)C(C)(C)C(N)CCc1ccccc1. The van der Waals surface area contributed by atoms with Crippen LogP contribution >= 0.6 is 0 Å². The number of esters is 1. The highest BCUT2D eigenvalue weighted by Gasteiger charge is 2.35. The number of benzene rings is 1. The molecule has 3 heteroatoms. The minimum absolute atomic E-state index is 0.199. The molecular weight excluding hydrogens is 214 g/mol. The van der Waals surface area contributed by atoms with Crippen molar-refractivity contribution in [2.75, 3.05) is 7.11 Å². The molecule has 0 amide bonds. The Balaban J connectivity index is 2.55. The maximum atomic E-state index is 11.6. The van der Waals surface area contributed by atoms with Crippen LogP contribution in [-0.4, -0.2) is 19.1 Å². The number of hydrogen-bond donors (Lipinski definition) is 1. The summed E-state index contributed by atoms with van der Waals surface area (Å²) in [6.45, 7) is 3.66. The van der Waals surface area contributed by atoms with Crippen LogP contribution in [0.2, 0.25) is 0 Å². The van der Waals surface area contributed by atoms with E-state index in [-0.39, 0.29) is 12.0 Å². The van der Waals surface area contributed by atoms with Crippen molar-refractivity contribution in [3.05, 3.63) is 35.9 Å². The van der Waals surface area contributed by atoms with Crippen LogP contribution in [0.1, 0.15) is 25.8 Å². The first-order valence-electron chi connectivity index (χ1n) is 5.86. The topological polar surface area (TPSA) is 52.3 Å². The van der Waals surface area contributed by atoms with Gasteiger partial charge in [0.2, 0.25) is 0 Å². The van der Waals surface area contributed by atoms with Gasteiger partial charge in [0.25, 0.3) is 0 Å². The fourth-order valence-corrected chi connectivity index (χ4v) is 1.74. The van der Waals surface area contributed by atoms with Gasteiger partial charge >= 0.3 is 5.97 Å². The van der Waals surface area contributed by atoms with Gasteiger partial charge in [-0.15, -0.1) is 0 Å². The van der Waals surface area contributed by atoms with Crippen molar-refractivity contribution in [3.8, 4) is 0 Å². The molecule has 17 heavy (non-hydrogen) atoms. The van der Waals surface area contributed by atoms with Crippen molar-refractivity contribution >= 4 is 5.97 Å². The van der Waals surface area contributed by atoms with Gasteiger partial charge in [0.1, 0.15) is 0 Å². The second-order valence-electron chi connectivity index (χ2n) is 4.84. The smallest absolute Gasteiger partial charge is 0.312 e. The Hall–Kier alpha value is -1.35. The molecule has 0 aromatic heterocycles. The van der Waals surface area contributed by atoms with Crippen molar-refractivity contribution in [2.45, 2.75) is 32.7 Å². The van der Waals surface area contributed by atoms with Crippen LogP contribution in [0.15, 0.2) is 30.3 Å². The zero-order valence-corrected chi connectivity index (χ0v) is 10.8. The molecular formula is C14H21NO2.